The molecule has 1 aromatic heterocycles. The fraction of sp³-hybridized carbons (Fsp3) is 0.0455. The maximum absolute atomic E-state index is 12.3. The summed E-state index contributed by atoms with van der Waals surface area (Å²) in [6.07, 6.45) is 4.21. The molecule has 146 valence electrons. The van der Waals surface area contributed by atoms with Gasteiger partial charge in [-0.1, -0.05) is 17.7 Å². The molecule has 0 saturated heterocycles. The molecule has 0 aliphatic rings. The van der Waals surface area contributed by atoms with Crippen LogP contribution < -0.4 is 16.2 Å². The van der Waals surface area contributed by atoms with Crippen LogP contribution in [-0.4, -0.2) is 17.7 Å². The third-order valence-corrected chi connectivity index (χ3v) is 3.93. The average Bonchev–Trinajstić information content (AvgIpc) is 3.24. The van der Waals surface area contributed by atoms with Crippen LogP contribution in [0.4, 0.5) is 5.69 Å². The van der Waals surface area contributed by atoms with Crippen molar-refractivity contribution in [2.45, 2.75) is 6.92 Å². The van der Waals surface area contributed by atoms with Crippen LogP contribution in [0.2, 0.25) is 0 Å². The molecule has 0 fully saturated rings. The Morgan fingerprint density at radius 2 is 1.66 bits per heavy atom. The van der Waals surface area contributed by atoms with Gasteiger partial charge < -0.3 is 9.73 Å². The number of carbonyl (C=O) groups is 3. The number of rotatable bonds is 5. The summed E-state index contributed by atoms with van der Waals surface area (Å²) in [6.45, 7) is 1.91. The highest BCUT2D eigenvalue weighted by atomic mass is 16.3. The van der Waals surface area contributed by atoms with Crippen molar-refractivity contribution in [3.8, 4) is 0 Å². The molecule has 0 atom stereocenters. The number of carbonyl (C=O) groups excluding carboxylic acids is 3. The Bertz CT molecular complexity index is 1040. The first-order chi connectivity index (χ1) is 14.0. The SMILES string of the molecule is Cc1cccc(C(=O)Nc2ccc(C(=O)NNC(=O)/C=C/c3ccco3)cc2)c1. The third-order valence-electron chi connectivity index (χ3n) is 3.93. The number of hydrazine groups is 1. The summed E-state index contributed by atoms with van der Waals surface area (Å²) < 4.78 is 5.07. The molecule has 0 saturated carbocycles. The molecular formula is C22H19N3O4. The summed E-state index contributed by atoms with van der Waals surface area (Å²) in [4.78, 5) is 36.1. The molecule has 29 heavy (non-hydrogen) atoms. The van der Waals surface area contributed by atoms with Gasteiger partial charge in [0.05, 0.1) is 6.26 Å². The zero-order valence-corrected chi connectivity index (χ0v) is 15.6. The van der Waals surface area contributed by atoms with Gasteiger partial charge in [0, 0.05) is 22.9 Å². The number of hydrogen-bond acceptors (Lipinski definition) is 4. The number of benzene rings is 2. The summed E-state index contributed by atoms with van der Waals surface area (Å²) in [5, 5.41) is 2.77. The Morgan fingerprint density at radius 1 is 0.862 bits per heavy atom. The summed E-state index contributed by atoms with van der Waals surface area (Å²) in [5.74, 6) is -0.700. The molecule has 3 amide bonds. The molecular weight excluding hydrogens is 370 g/mol. The van der Waals surface area contributed by atoms with E-state index in [1.807, 2.05) is 19.1 Å². The van der Waals surface area contributed by atoms with Crippen molar-refractivity contribution in [2.24, 2.45) is 0 Å². The smallest absolute Gasteiger partial charge is 0.269 e. The lowest BCUT2D eigenvalue weighted by molar-refractivity contribution is -0.117. The summed E-state index contributed by atoms with van der Waals surface area (Å²) in [7, 11) is 0. The van der Waals surface area contributed by atoms with Crippen LogP contribution in [0, 0.1) is 6.92 Å². The normalized spacial score (nSPS) is 10.5. The molecule has 7 nitrogen and oxygen atoms in total. The van der Waals surface area contributed by atoms with Crippen molar-refractivity contribution in [3.63, 3.8) is 0 Å². The maximum atomic E-state index is 12.3. The van der Waals surface area contributed by atoms with Crippen LogP contribution in [0.5, 0.6) is 0 Å². The van der Waals surface area contributed by atoms with Gasteiger partial charge in [0.2, 0.25) is 0 Å². The topological polar surface area (TPSA) is 100 Å². The lowest BCUT2D eigenvalue weighted by Gasteiger charge is -2.08. The number of anilines is 1. The van der Waals surface area contributed by atoms with Gasteiger partial charge in [-0.15, -0.1) is 0 Å². The highest BCUT2D eigenvalue weighted by Crippen LogP contribution is 2.12. The molecule has 0 unspecified atom stereocenters. The maximum Gasteiger partial charge on any atom is 0.269 e. The van der Waals surface area contributed by atoms with Gasteiger partial charge in [-0.05, 0) is 61.5 Å². The minimum absolute atomic E-state index is 0.235. The summed E-state index contributed by atoms with van der Waals surface area (Å²) in [5.41, 5.74) is 7.02. The van der Waals surface area contributed by atoms with E-state index in [1.165, 1.54) is 18.4 Å². The highest BCUT2D eigenvalue weighted by Gasteiger charge is 2.09. The Kier molecular flexibility index (Phi) is 6.22. The highest BCUT2D eigenvalue weighted by molar-refractivity contribution is 6.04. The Labute approximate surface area is 167 Å². The van der Waals surface area contributed by atoms with E-state index < -0.39 is 11.8 Å². The van der Waals surface area contributed by atoms with Crippen LogP contribution in [0.3, 0.4) is 0 Å². The summed E-state index contributed by atoms with van der Waals surface area (Å²) in [6, 6.07) is 17.0. The van der Waals surface area contributed by atoms with Crippen LogP contribution in [0.25, 0.3) is 6.08 Å². The quantitative estimate of drug-likeness (QED) is 0.460. The van der Waals surface area contributed by atoms with Crippen molar-refractivity contribution in [1.29, 1.82) is 0 Å². The van der Waals surface area contributed by atoms with E-state index in [4.69, 9.17) is 4.42 Å². The number of nitrogens with one attached hydrogen (secondary N) is 3. The van der Waals surface area contributed by atoms with Crippen molar-refractivity contribution in [1.82, 2.24) is 10.9 Å². The largest absolute Gasteiger partial charge is 0.465 e. The second-order valence-corrected chi connectivity index (χ2v) is 6.19. The predicted molar refractivity (Wildman–Crippen MR) is 109 cm³/mol. The van der Waals surface area contributed by atoms with E-state index in [9.17, 15) is 14.4 Å². The zero-order valence-electron chi connectivity index (χ0n) is 15.6. The van der Waals surface area contributed by atoms with E-state index in [-0.39, 0.29) is 5.91 Å². The fourth-order valence-corrected chi connectivity index (χ4v) is 2.47. The Balaban J connectivity index is 1.52. The molecule has 1 heterocycles. The minimum Gasteiger partial charge on any atom is -0.465 e. The fourth-order valence-electron chi connectivity index (χ4n) is 2.47. The number of hydrogen-bond donors (Lipinski definition) is 3. The third kappa shape index (κ3) is 5.67. The van der Waals surface area contributed by atoms with E-state index >= 15 is 0 Å². The Hall–Kier alpha value is -4.13. The van der Waals surface area contributed by atoms with Gasteiger partial charge in [-0.2, -0.15) is 0 Å². The van der Waals surface area contributed by atoms with E-state index in [1.54, 1.807) is 48.5 Å². The molecule has 3 N–H and O–H groups in total. The molecule has 0 aliphatic heterocycles. The second-order valence-electron chi connectivity index (χ2n) is 6.19. The molecule has 0 aliphatic carbocycles. The van der Waals surface area contributed by atoms with E-state index in [0.717, 1.165) is 5.56 Å². The number of furan rings is 1. The van der Waals surface area contributed by atoms with E-state index in [2.05, 4.69) is 16.2 Å². The first-order valence-corrected chi connectivity index (χ1v) is 8.81. The van der Waals surface area contributed by atoms with Gasteiger partial charge in [0.25, 0.3) is 17.7 Å². The van der Waals surface area contributed by atoms with Crippen LogP contribution >= 0.6 is 0 Å². The van der Waals surface area contributed by atoms with Gasteiger partial charge >= 0.3 is 0 Å². The van der Waals surface area contributed by atoms with Crippen LogP contribution in [0.15, 0.2) is 77.4 Å². The van der Waals surface area contributed by atoms with Gasteiger partial charge in [-0.3, -0.25) is 25.2 Å². The van der Waals surface area contributed by atoms with Crippen molar-refractivity contribution >= 4 is 29.5 Å². The minimum atomic E-state index is -0.503. The van der Waals surface area contributed by atoms with Crippen molar-refractivity contribution in [2.75, 3.05) is 5.32 Å². The van der Waals surface area contributed by atoms with Gasteiger partial charge in [-0.25, -0.2) is 0 Å². The molecule has 0 bridgehead atoms. The monoisotopic (exact) mass is 389 g/mol. The first-order valence-electron chi connectivity index (χ1n) is 8.81. The molecule has 2 aromatic carbocycles. The molecule has 0 radical (unpaired) electrons. The second kappa shape index (κ2) is 9.18. The molecule has 7 heteroatoms. The lowest BCUT2D eigenvalue weighted by Crippen LogP contribution is -2.40. The average molecular weight is 389 g/mol. The van der Waals surface area contributed by atoms with Gasteiger partial charge in [0.1, 0.15) is 5.76 Å². The lowest BCUT2D eigenvalue weighted by atomic mass is 10.1. The van der Waals surface area contributed by atoms with Crippen LogP contribution in [-0.2, 0) is 4.79 Å². The standard InChI is InChI=1S/C22H19N3O4/c1-15-4-2-5-17(14-15)21(27)23-18-9-7-16(8-10-18)22(28)25-24-20(26)12-11-19-6-3-13-29-19/h2-14H,1H3,(H,23,27)(H,24,26)(H,25,28)/b12-11+. The number of aryl methyl sites for hydroxylation is 1. The van der Waals surface area contributed by atoms with E-state index in [0.29, 0.717) is 22.6 Å². The number of amides is 3. The molecule has 3 aromatic rings. The van der Waals surface area contributed by atoms with Crippen molar-refractivity contribution in [3.05, 3.63) is 95.5 Å². The van der Waals surface area contributed by atoms with Crippen molar-refractivity contribution < 1.29 is 18.8 Å². The Morgan fingerprint density at radius 3 is 2.34 bits per heavy atom. The van der Waals surface area contributed by atoms with Crippen LogP contribution in [0.1, 0.15) is 32.0 Å². The zero-order chi connectivity index (χ0) is 20.6. The molecule has 0 spiro atoms. The van der Waals surface area contributed by atoms with Gasteiger partial charge in [0.15, 0.2) is 0 Å². The summed E-state index contributed by atoms with van der Waals surface area (Å²) >= 11 is 0. The molecule has 3 rings (SSSR count). The first kappa shape index (κ1) is 19.6. The predicted octanol–water partition coefficient (Wildman–Crippen LogP) is 3.31.